The van der Waals surface area contributed by atoms with Crippen molar-refractivity contribution < 1.29 is 4.74 Å². The molecule has 0 aromatic carbocycles. The van der Waals surface area contributed by atoms with Gasteiger partial charge in [-0.2, -0.15) is 0 Å². The van der Waals surface area contributed by atoms with Crippen molar-refractivity contribution in [1.29, 1.82) is 0 Å². The summed E-state index contributed by atoms with van der Waals surface area (Å²) in [5.41, 5.74) is 0. The average molecular weight is 251 g/mol. The van der Waals surface area contributed by atoms with Crippen molar-refractivity contribution in [1.82, 2.24) is 10.3 Å². The number of pyridine rings is 1. The largest absolute Gasteiger partial charge is 0.489 e. The van der Waals surface area contributed by atoms with E-state index in [1.54, 1.807) is 12.4 Å². The summed E-state index contributed by atoms with van der Waals surface area (Å²) in [7, 11) is 0. The van der Waals surface area contributed by atoms with E-state index in [9.17, 15) is 0 Å². The number of nitrogens with zero attached hydrogens (tertiary/aromatic N) is 1. The first-order valence-corrected chi connectivity index (χ1v) is 4.72. The number of piperidine rings is 1. The van der Waals surface area contributed by atoms with Gasteiger partial charge in [0, 0.05) is 6.20 Å². The zero-order chi connectivity index (χ0) is 8.93. The van der Waals surface area contributed by atoms with E-state index < -0.39 is 0 Å². The Kier molecular flexibility index (Phi) is 7.48. The average Bonchev–Trinajstić information content (AvgIpc) is 2.21. The number of halogens is 2. The third-order valence-electron chi connectivity index (χ3n) is 2.22. The molecule has 1 aliphatic rings. The van der Waals surface area contributed by atoms with Crippen LogP contribution in [-0.4, -0.2) is 24.2 Å². The van der Waals surface area contributed by atoms with Gasteiger partial charge in [0.2, 0.25) is 0 Å². The Hall–Kier alpha value is -0.510. The second-order valence-corrected chi connectivity index (χ2v) is 3.26. The van der Waals surface area contributed by atoms with Gasteiger partial charge in [-0.25, -0.2) is 0 Å². The molecular formula is C10H16Cl2N2O. The summed E-state index contributed by atoms with van der Waals surface area (Å²) in [6.45, 7) is 2.12. The Morgan fingerprint density at radius 2 is 2.00 bits per heavy atom. The number of rotatable bonds is 2. The number of nitrogens with one attached hydrogen (secondary N) is 1. The smallest absolute Gasteiger partial charge is 0.137 e. The number of ether oxygens (including phenoxy) is 1. The Morgan fingerprint density at radius 3 is 2.60 bits per heavy atom. The molecule has 5 heteroatoms. The van der Waals surface area contributed by atoms with Gasteiger partial charge in [0.1, 0.15) is 11.9 Å². The second kappa shape index (κ2) is 7.74. The maximum atomic E-state index is 5.75. The van der Waals surface area contributed by atoms with Gasteiger partial charge >= 0.3 is 0 Å². The van der Waals surface area contributed by atoms with E-state index >= 15 is 0 Å². The summed E-state index contributed by atoms with van der Waals surface area (Å²) in [6.07, 6.45) is 6.08. The van der Waals surface area contributed by atoms with Gasteiger partial charge in [0.05, 0.1) is 6.20 Å². The summed E-state index contributed by atoms with van der Waals surface area (Å²) in [4.78, 5) is 4.01. The van der Waals surface area contributed by atoms with Crippen LogP contribution in [0.1, 0.15) is 12.8 Å². The SMILES string of the molecule is Cl.Cl.c1cncc(OC2CCNCC2)c1. The lowest BCUT2D eigenvalue weighted by Crippen LogP contribution is -2.34. The van der Waals surface area contributed by atoms with Crippen LogP contribution in [0, 0.1) is 0 Å². The lowest BCUT2D eigenvalue weighted by atomic mass is 10.1. The van der Waals surface area contributed by atoms with Crippen LogP contribution < -0.4 is 10.1 Å². The highest BCUT2D eigenvalue weighted by molar-refractivity contribution is 5.85. The number of aromatic nitrogens is 1. The highest BCUT2D eigenvalue weighted by Crippen LogP contribution is 2.14. The minimum absolute atomic E-state index is 0. The predicted octanol–water partition coefficient (Wildman–Crippen LogP) is 2.06. The van der Waals surface area contributed by atoms with E-state index in [1.807, 2.05) is 12.1 Å². The van der Waals surface area contributed by atoms with Gasteiger partial charge in [-0.05, 0) is 38.1 Å². The van der Waals surface area contributed by atoms with Crippen LogP contribution >= 0.6 is 24.8 Å². The fourth-order valence-corrected chi connectivity index (χ4v) is 1.52. The fraction of sp³-hybridized carbons (Fsp3) is 0.500. The normalized spacial score (nSPS) is 16.0. The molecule has 86 valence electrons. The van der Waals surface area contributed by atoms with Gasteiger partial charge < -0.3 is 10.1 Å². The van der Waals surface area contributed by atoms with Gasteiger partial charge in [-0.1, -0.05) is 0 Å². The summed E-state index contributed by atoms with van der Waals surface area (Å²) < 4.78 is 5.75. The summed E-state index contributed by atoms with van der Waals surface area (Å²) >= 11 is 0. The van der Waals surface area contributed by atoms with Crippen LogP contribution in [0.25, 0.3) is 0 Å². The third kappa shape index (κ3) is 4.69. The molecule has 1 aromatic rings. The molecule has 0 atom stereocenters. The first kappa shape index (κ1) is 14.5. The summed E-state index contributed by atoms with van der Waals surface area (Å²) in [5, 5.41) is 3.30. The Morgan fingerprint density at radius 1 is 1.27 bits per heavy atom. The summed E-state index contributed by atoms with van der Waals surface area (Å²) in [5.74, 6) is 0.884. The first-order chi connectivity index (χ1) is 6.45. The molecule has 0 bridgehead atoms. The fourth-order valence-electron chi connectivity index (χ4n) is 1.52. The minimum Gasteiger partial charge on any atom is -0.489 e. The molecule has 0 aliphatic carbocycles. The molecule has 2 rings (SSSR count). The lowest BCUT2D eigenvalue weighted by molar-refractivity contribution is 0.162. The number of hydrogen-bond donors (Lipinski definition) is 1. The van der Waals surface area contributed by atoms with Crippen LogP contribution in [0.4, 0.5) is 0 Å². The molecule has 1 aliphatic heterocycles. The zero-order valence-electron chi connectivity index (χ0n) is 8.39. The molecule has 2 heterocycles. The topological polar surface area (TPSA) is 34.1 Å². The van der Waals surface area contributed by atoms with Crippen molar-refractivity contribution in [2.75, 3.05) is 13.1 Å². The predicted molar refractivity (Wildman–Crippen MR) is 65.3 cm³/mol. The van der Waals surface area contributed by atoms with Crippen LogP contribution in [-0.2, 0) is 0 Å². The van der Waals surface area contributed by atoms with Gasteiger partial charge in [-0.15, -0.1) is 24.8 Å². The van der Waals surface area contributed by atoms with E-state index in [4.69, 9.17) is 4.74 Å². The van der Waals surface area contributed by atoms with E-state index in [0.717, 1.165) is 31.7 Å². The first-order valence-electron chi connectivity index (χ1n) is 4.72. The monoisotopic (exact) mass is 250 g/mol. The Bertz CT molecular complexity index is 253. The van der Waals surface area contributed by atoms with Crippen molar-refractivity contribution in [2.24, 2.45) is 0 Å². The van der Waals surface area contributed by atoms with Crippen LogP contribution in [0.3, 0.4) is 0 Å². The standard InChI is InChI=1S/C10H14N2O.2ClH/c1-2-10(8-12-5-1)13-9-3-6-11-7-4-9;;/h1-2,5,8-9,11H,3-4,6-7H2;2*1H. The van der Waals surface area contributed by atoms with Crippen molar-refractivity contribution >= 4 is 24.8 Å². The molecule has 15 heavy (non-hydrogen) atoms. The highest BCUT2D eigenvalue weighted by atomic mass is 35.5. The van der Waals surface area contributed by atoms with E-state index in [2.05, 4.69) is 10.3 Å². The summed E-state index contributed by atoms with van der Waals surface area (Å²) in [6, 6.07) is 3.85. The zero-order valence-corrected chi connectivity index (χ0v) is 10.0. The van der Waals surface area contributed by atoms with Crippen LogP contribution in [0.2, 0.25) is 0 Å². The van der Waals surface area contributed by atoms with Gasteiger partial charge in [0.15, 0.2) is 0 Å². The van der Waals surface area contributed by atoms with Gasteiger partial charge in [-0.3, -0.25) is 4.98 Å². The molecule has 1 saturated heterocycles. The van der Waals surface area contributed by atoms with Crippen LogP contribution in [0.15, 0.2) is 24.5 Å². The molecular weight excluding hydrogens is 235 g/mol. The van der Waals surface area contributed by atoms with E-state index in [0.29, 0.717) is 6.10 Å². The van der Waals surface area contributed by atoms with Gasteiger partial charge in [0.25, 0.3) is 0 Å². The van der Waals surface area contributed by atoms with Crippen molar-refractivity contribution in [3.8, 4) is 5.75 Å². The maximum Gasteiger partial charge on any atom is 0.137 e. The second-order valence-electron chi connectivity index (χ2n) is 3.26. The minimum atomic E-state index is 0. The molecule has 0 spiro atoms. The number of hydrogen-bond acceptors (Lipinski definition) is 3. The lowest BCUT2D eigenvalue weighted by Gasteiger charge is -2.23. The highest BCUT2D eigenvalue weighted by Gasteiger charge is 2.13. The molecule has 0 saturated carbocycles. The molecule has 0 radical (unpaired) electrons. The quantitative estimate of drug-likeness (QED) is 0.873. The van der Waals surface area contributed by atoms with Crippen molar-refractivity contribution in [2.45, 2.75) is 18.9 Å². The van der Waals surface area contributed by atoms with Crippen molar-refractivity contribution in [3.63, 3.8) is 0 Å². The molecule has 0 amide bonds. The molecule has 1 fully saturated rings. The molecule has 0 unspecified atom stereocenters. The Balaban J connectivity index is 0.000000980. The Labute approximate surface area is 102 Å². The third-order valence-corrected chi connectivity index (χ3v) is 2.22. The maximum absolute atomic E-state index is 5.75. The molecule has 3 nitrogen and oxygen atoms in total. The van der Waals surface area contributed by atoms with E-state index in [1.165, 1.54) is 0 Å². The van der Waals surface area contributed by atoms with Crippen LogP contribution in [0.5, 0.6) is 5.75 Å². The molecule has 1 N–H and O–H groups in total. The van der Waals surface area contributed by atoms with E-state index in [-0.39, 0.29) is 24.8 Å². The van der Waals surface area contributed by atoms with Crippen molar-refractivity contribution in [3.05, 3.63) is 24.5 Å². The molecule has 1 aromatic heterocycles.